The maximum Gasteiger partial charge on any atom is 0.156 e. The standard InChI is InChI=1S/C14H9BrN2O/c15-10-8-12-14(17-9-10)13(6-7-16-12)18-11-4-2-1-3-5-11/h1-9H. The molecular weight excluding hydrogens is 292 g/mol. The summed E-state index contributed by atoms with van der Waals surface area (Å²) in [5.74, 6) is 1.49. The van der Waals surface area contributed by atoms with Gasteiger partial charge in [-0.1, -0.05) is 18.2 Å². The number of fused-ring (bicyclic) bond motifs is 1. The van der Waals surface area contributed by atoms with E-state index in [1.807, 2.05) is 42.5 Å². The first-order valence-electron chi connectivity index (χ1n) is 5.46. The summed E-state index contributed by atoms with van der Waals surface area (Å²) in [6.07, 6.45) is 3.45. The maximum absolute atomic E-state index is 5.81. The number of pyridine rings is 2. The fraction of sp³-hybridized carbons (Fsp3) is 0. The molecule has 0 amide bonds. The van der Waals surface area contributed by atoms with Crippen LogP contribution in [0.4, 0.5) is 0 Å². The summed E-state index contributed by atoms with van der Waals surface area (Å²) in [6, 6.07) is 13.4. The van der Waals surface area contributed by atoms with E-state index in [9.17, 15) is 0 Å². The predicted octanol–water partition coefficient (Wildman–Crippen LogP) is 4.18. The summed E-state index contributed by atoms with van der Waals surface area (Å²) < 4.78 is 6.72. The number of para-hydroxylation sites is 1. The van der Waals surface area contributed by atoms with Crippen LogP contribution in [0.25, 0.3) is 11.0 Å². The quantitative estimate of drug-likeness (QED) is 0.712. The first-order valence-corrected chi connectivity index (χ1v) is 6.25. The van der Waals surface area contributed by atoms with Crippen molar-refractivity contribution < 1.29 is 4.74 Å². The molecule has 18 heavy (non-hydrogen) atoms. The summed E-state index contributed by atoms with van der Waals surface area (Å²) >= 11 is 3.38. The van der Waals surface area contributed by atoms with Crippen molar-refractivity contribution in [1.29, 1.82) is 0 Å². The zero-order valence-corrected chi connectivity index (χ0v) is 11.0. The smallest absolute Gasteiger partial charge is 0.156 e. The largest absolute Gasteiger partial charge is 0.455 e. The summed E-state index contributed by atoms with van der Waals surface area (Å²) in [6.45, 7) is 0. The van der Waals surface area contributed by atoms with Gasteiger partial charge in [-0.3, -0.25) is 4.98 Å². The van der Waals surface area contributed by atoms with E-state index in [1.54, 1.807) is 12.4 Å². The summed E-state index contributed by atoms with van der Waals surface area (Å²) in [5, 5.41) is 0. The Bertz CT molecular complexity index is 686. The lowest BCUT2D eigenvalue weighted by Crippen LogP contribution is -1.89. The van der Waals surface area contributed by atoms with Crippen molar-refractivity contribution in [3.8, 4) is 11.5 Å². The minimum atomic E-state index is 0.707. The minimum absolute atomic E-state index is 0.707. The highest BCUT2D eigenvalue weighted by Crippen LogP contribution is 2.28. The molecule has 0 bridgehead atoms. The van der Waals surface area contributed by atoms with Gasteiger partial charge in [0.05, 0.1) is 5.52 Å². The van der Waals surface area contributed by atoms with Crippen LogP contribution in [-0.2, 0) is 0 Å². The monoisotopic (exact) mass is 300 g/mol. The van der Waals surface area contributed by atoms with Crippen LogP contribution >= 0.6 is 15.9 Å². The van der Waals surface area contributed by atoms with Gasteiger partial charge in [-0.15, -0.1) is 0 Å². The normalized spacial score (nSPS) is 10.5. The van der Waals surface area contributed by atoms with E-state index in [2.05, 4.69) is 25.9 Å². The highest BCUT2D eigenvalue weighted by molar-refractivity contribution is 9.10. The molecule has 0 radical (unpaired) electrons. The number of hydrogen-bond donors (Lipinski definition) is 0. The fourth-order valence-corrected chi connectivity index (χ4v) is 2.00. The first kappa shape index (κ1) is 11.2. The van der Waals surface area contributed by atoms with E-state index in [0.29, 0.717) is 5.75 Å². The molecule has 4 heteroatoms. The maximum atomic E-state index is 5.81. The van der Waals surface area contributed by atoms with Crippen LogP contribution in [0.15, 0.2) is 59.3 Å². The van der Waals surface area contributed by atoms with E-state index in [1.165, 1.54) is 0 Å². The number of benzene rings is 1. The van der Waals surface area contributed by atoms with Gasteiger partial charge < -0.3 is 4.74 Å². The molecule has 0 unspecified atom stereocenters. The molecule has 2 heterocycles. The molecule has 0 N–H and O–H groups in total. The number of rotatable bonds is 2. The second-order valence-corrected chi connectivity index (χ2v) is 4.66. The Kier molecular flexibility index (Phi) is 2.94. The number of aromatic nitrogens is 2. The van der Waals surface area contributed by atoms with Gasteiger partial charge in [-0.2, -0.15) is 0 Å². The summed E-state index contributed by atoms with van der Waals surface area (Å²) in [5.41, 5.74) is 1.56. The van der Waals surface area contributed by atoms with Gasteiger partial charge in [0.25, 0.3) is 0 Å². The molecule has 2 aromatic heterocycles. The molecule has 0 aliphatic heterocycles. The molecule has 1 aromatic carbocycles. The Balaban J connectivity index is 2.07. The zero-order chi connectivity index (χ0) is 12.4. The van der Waals surface area contributed by atoms with Crippen molar-refractivity contribution in [3.63, 3.8) is 0 Å². The lowest BCUT2D eigenvalue weighted by atomic mass is 10.3. The number of hydrogen-bond acceptors (Lipinski definition) is 3. The second kappa shape index (κ2) is 4.74. The molecule has 3 nitrogen and oxygen atoms in total. The van der Waals surface area contributed by atoms with Crippen molar-refractivity contribution in [2.45, 2.75) is 0 Å². The summed E-state index contributed by atoms with van der Waals surface area (Å²) in [4.78, 5) is 8.61. The predicted molar refractivity (Wildman–Crippen MR) is 73.8 cm³/mol. The zero-order valence-electron chi connectivity index (χ0n) is 9.38. The van der Waals surface area contributed by atoms with Crippen LogP contribution in [-0.4, -0.2) is 9.97 Å². The van der Waals surface area contributed by atoms with Crippen LogP contribution in [0.2, 0.25) is 0 Å². The van der Waals surface area contributed by atoms with Crippen LogP contribution in [0, 0.1) is 0 Å². The van der Waals surface area contributed by atoms with Gasteiger partial charge in [0.1, 0.15) is 11.3 Å². The van der Waals surface area contributed by atoms with Crippen LogP contribution < -0.4 is 4.74 Å². The Morgan fingerprint density at radius 2 is 1.83 bits per heavy atom. The lowest BCUT2D eigenvalue weighted by molar-refractivity contribution is 0.486. The topological polar surface area (TPSA) is 35.0 Å². The fourth-order valence-electron chi connectivity index (χ4n) is 1.68. The Labute approximate surface area is 113 Å². The third kappa shape index (κ3) is 2.19. The third-order valence-corrected chi connectivity index (χ3v) is 2.91. The molecule has 0 spiro atoms. The van der Waals surface area contributed by atoms with Crippen molar-refractivity contribution >= 4 is 27.0 Å². The number of halogens is 1. The molecule has 3 aromatic rings. The van der Waals surface area contributed by atoms with Crippen LogP contribution in [0.5, 0.6) is 11.5 Å². The average molecular weight is 301 g/mol. The van der Waals surface area contributed by atoms with Gasteiger partial charge in [0, 0.05) is 22.9 Å². The highest BCUT2D eigenvalue weighted by atomic mass is 79.9. The molecule has 0 saturated heterocycles. The van der Waals surface area contributed by atoms with Gasteiger partial charge in [-0.25, -0.2) is 4.98 Å². The van der Waals surface area contributed by atoms with Gasteiger partial charge >= 0.3 is 0 Å². The van der Waals surface area contributed by atoms with Crippen molar-refractivity contribution in [2.24, 2.45) is 0 Å². The molecule has 0 aliphatic carbocycles. The molecule has 0 aliphatic rings. The van der Waals surface area contributed by atoms with E-state index in [-0.39, 0.29) is 0 Å². The Morgan fingerprint density at radius 1 is 1.00 bits per heavy atom. The summed E-state index contributed by atoms with van der Waals surface area (Å²) in [7, 11) is 0. The first-order chi connectivity index (χ1) is 8.83. The molecular formula is C14H9BrN2O. The van der Waals surface area contributed by atoms with E-state index in [0.717, 1.165) is 21.3 Å². The van der Waals surface area contributed by atoms with Crippen molar-refractivity contribution in [3.05, 3.63) is 59.3 Å². The molecule has 0 saturated carbocycles. The molecule has 3 rings (SSSR count). The van der Waals surface area contributed by atoms with Gasteiger partial charge in [0.2, 0.25) is 0 Å². The second-order valence-electron chi connectivity index (χ2n) is 3.75. The van der Waals surface area contributed by atoms with E-state index >= 15 is 0 Å². The third-order valence-electron chi connectivity index (χ3n) is 2.48. The highest BCUT2D eigenvalue weighted by Gasteiger charge is 2.05. The average Bonchev–Trinajstić information content (AvgIpc) is 2.40. The Hall–Kier alpha value is -1.94. The number of ether oxygens (including phenoxy) is 1. The van der Waals surface area contributed by atoms with E-state index < -0.39 is 0 Å². The van der Waals surface area contributed by atoms with Gasteiger partial charge in [-0.05, 0) is 34.1 Å². The number of nitrogens with zero attached hydrogens (tertiary/aromatic N) is 2. The van der Waals surface area contributed by atoms with Gasteiger partial charge in [0.15, 0.2) is 5.75 Å². The molecule has 0 fully saturated rings. The van der Waals surface area contributed by atoms with Crippen LogP contribution in [0.1, 0.15) is 0 Å². The molecule has 0 atom stereocenters. The SMILES string of the molecule is Brc1cnc2c(Oc3ccccc3)ccnc2c1. The minimum Gasteiger partial charge on any atom is -0.455 e. The van der Waals surface area contributed by atoms with E-state index in [4.69, 9.17) is 4.74 Å². The lowest BCUT2D eigenvalue weighted by Gasteiger charge is -2.07. The van der Waals surface area contributed by atoms with Crippen molar-refractivity contribution in [1.82, 2.24) is 9.97 Å². The van der Waals surface area contributed by atoms with Crippen LogP contribution in [0.3, 0.4) is 0 Å². The molecule has 88 valence electrons. The Morgan fingerprint density at radius 3 is 2.67 bits per heavy atom. The van der Waals surface area contributed by atoms with Crippen molar-refractivity contribution in [2.75, 3.05) is 0 Å².